The quantitative estimate of drug-likeness (QED) is 0.389. The van der Waals surface area contributed by atoms with Crippen LogP contribution in [0.1, 0.15) is 17.6 Å². The number of fused-ring (bicyclic) bond motifs is 1. The van der Waals surface area contributed by atoms with Crippen LogP contribution in [0.5, 0.6) is 5.75 Å². The molecule has 4 aromatic rings. The highest BCUT2D eigenvalue weighted by molar-refractivity contribution is 7.18. The summed E-state index contributed by atoms with van der Waals surface area (Å²) in [6.45, 7) is 8.09. The molecule has 0 spiro atoms. The van der Waals surface area contributed by atoms with Gasteiger partial charge in [0.25, 0.3) is 0 Å². The molecule has 0 bridgehead atoms. The molecule has 1 aliphatic heterocycles. The second-order valence-electron chi connectivity index (χ2n) is 9.07. The second-order valence-corrected chi connectivity index (χ2v) is 10.3. The standard InChI is InChI=1S/C26H29FN4O3S/c1-17-13-30(15-20(32)16-33-21-7-8-26-24(12-21)28-18(2)35-26)9-10-31(17)14-19-11-25(34-29-19)22-5-3-4-6-23(22)27/h3-8,11-12,17,20,32H,9-10,13-16H2,1-2H3/t17?,20-/m1/s1. The summed E-state index contributed by atoms with van der Waals surface area (Å²) < 4.78 is 26.4. The summed E-state index contributed by atoms with van der Waals surface area (Å²) in [5.41, 5.74) is 2.13. The van der Waals surface area contributed by atoms with E-state index < -0.39 is 6.10 Å². The summed E-state index contributed by atoms with van der Waals surface area (Å²) in [6.07, 6.45) is -0.583. The van der Waals surface area contributed by atoms with E-state index >= 15 is 0 Å². The van der Waals surface area contributed by atoms with E-state index in [1.165, 1.54) is 6.07 Å². The van der Waals surface area contributed by atoms with Crippen LogP contribution in [0.3, 0.4) is 0 Å². The van der Waals surface area contributed by atoms with Crippen molar-refractivity contribution in [1.82, 2.24) is 19.9 Å². The number of benzene rings is 2. The topological polar surface area (TPSA) is 74.9 Å². The van der Waals surface area contributed by atoms with Crippen molar-refractivity contribution in [3.05, 3.63) is 65.0 Å². The Bertz CT molecular complexity index is 1290. The lowest BCUT2D eigenvalue weighted by Gasteiger charge is -2.40. The van der Waals surface area contributed by atoms with Crippen LogP contribution in [0.2, 0.25) is 0 Å². The fourth-order valence-electron chi connectivity index (χ4n) is 4.51. The normalized spacial score (nSPS) is 18.2. The maximum Gasteiger partial charge on any atom is 0.170 e. The average Bonchev–Trinajstić information content (AvgIpc) is 3.45. The summed E-state index contributed by atoms with van der Waals surface area (Å²) in [6, 6.07) is 14.5. The minimum absolute atomic E-state index is 0.237. The van der Waals surface area contributed by atoms with Gasteiger partial charge in [0.1, 0.15) is 24.3 Å². The molecule has 5 rings (SSSR count). The fourth-order valence-corrected chi connectivity index (χ4v) is 5.32. The van der Waals surface area contributed by atoms with Crippen LogP contribution in [0, 0.1) is 12.7 Å². The van der Waals surface area contributed by atoms with Gasteiger partial charge in [0.05, 0.1) is 26.5 Å². The zero-order chi connectivity index (χ0) is 24.4. The van der Waals surface area contributed by atoms with Gasteiger partial charge in [0.2, 0.25) is 0 Å². The van der Waals surface area contributed by atoms with Gasteiger partial charge in [-0.3, -0.25) is 9.80 Å². The Hall–Kier alpha value is -2.85. The molecule has 1 saturated heterocycles. The number of halogens is 1. The molecule has 7 nitrogen and oxygen atoms in total. The smallest absolute Gasteiger partial charge is 0.170 e. The SMILES string of the molecule is Cc1nc2cc(OC[C@H](O)CN3CCN(Cc4cc(-c5ccccc5F)on4)C(C)C3)ccc2s1. The largest absolute Gasteiger partial charge is 0.491 e. The summed E-state index contributed by atoms with van der Waals surface area (Å²) in [5.74, 6) is 0.845. The highest BCUT2D eigenvalue weighted by Gasteiger charge is 2.26. The van der Waals surface area contributed by atoms with E-state index in [-0.39, 0.29) is 18.5 Å². The van der Waals surface area contributed by atoms with Crippen LogP contribution in [-0.4, -0.2) is 70.0 Å². The molecular formula is C26H29FN4O3S. The fraction of sp³-hybridized carbons (Fsp3) is 0.385. The van der Waals surface area contributed by atoms with Crippen LogP contribution in [0.4, 0.5) is 4.39 Å². The maximum absolute atomic E-state index is 14.0. The first-order chi connectivity index (χ1) is 16.9. The third-order valence-electron chi connectivity index (χ3n) is 6.29. The first-order valence-electron chi connectivity index (χ1n) is 11.8. The van der Waals surface area contributed by atoms with Crippen LogP contribution in [-0.2, 0) is 6.54 Å². The van der Waals surface area contributed by atoms with Gasteiger partial charge in [-0.15, -0.1) is 11.3 Å². The number of aliphatic hydroxyl groups excluding tert-OH is 1. The lowest BCUT2D eigenvalue weighted by molar-refractivity contribution is 0.0250. The Morgan fingerprint density at radius 2 is 2.09 bits per heavy atom. The summed E-state index contributed by atoms with van der Waals surface area (Å²) in [5, 5.41) is 15.7. The van der Waals surface area contributed by atoms with Crippen molar-refractivity contribution in [3.63, 3.8) is 0 Å². The second kappa shape index (κ2) is 10.4. The number of aliphatic hydroxyl groups is 1. The van der Waals surface area contributed by atoms with Crippen molar-refractivity contribution in [2.45, 2.75) is 32.5 Å². The van der Waals surface area contributed by atoms with Crippen LogP contribution < -0.4 is 4.74 Å². The molecule has 2 atom stereocenters. The highest BCUT2D eigenvalue weighted by Crippen LogP contribution is 2.26. The number of aromatic nitrogens is 2. The first-order valence-corrected chi connectivity index (χ1v) is 12.6. The number of aryl methyl sites for hydroxylation is 1. The maximum atomic E-state index is 14.0. The van der Waals surface area contributed by atoms with Crippen molar-refractivity contribution in [1.29, 1.82) is 0 Å². The van der Waals surface area contributed by atoms with E-state index in [2.05, 4.69) is 26.9 Å². The Morgan fingerprint density at radius 1 is 1.23 bits per heavy atom. The molecule has 1 unspecified atom stereocenters. The lowest BCUT2D eigenvalue weighted by atomic mass is 10.1. The van der Waals surface area contributed by atoms with E-state index in [4.69, 9.17) is 9.26 Å². The van der Waals surface area contributed by atoms with Gasteiger partial charge in [-0.25, -0.2) is 9.37 Å². The molecule has 2 aromatic heterocycles. The Labute approximate surface area is 207 Å². The van der Waals surface area contributed by atoms with Crippen molar-refractivity contribution in [3.8, 4) is 17.1 Å². The Balaban J connectivity index is 1.10. The number of piperazine rings is 1. The monoisotopic (exact) mass is 496 g/mol. The molecule has 0 radical (unpaired) electrons. The van der Waals surface area contributed by atoms with Crippen molar-refractivity contribution >= 4 is 21.6 Å². The molecule has 1 fully saturated rings. The van der Waals surface area contributed by atoms with E-state index in [9.17, 15) is 9.50 Å². The predicted octanol–water partition coefficient (Wildman–Crippen LogP) is 4.34. The zero-order valence-corrected chi connectivity index (χ0v) is 20.7. The molecule has 1 aliphatic rings. The third kappa shape index (κ3) is 5.70. The number of hydrogen-bond acceptors (Lipinski definition) is 8. The number of β-amino-alcohol motifs (C(OH)–C–C–N with tert-alkyl or cyclic N) is 1. The molecular weight excluding hydrogens is 467 g/mol. The van der Waals surface area contributed by atoms with Crippen molar-refractivity contribution in [2.24, 2.45) is 0 Å². The number of rotatable bonds is 8. The minimum atomic E-state index is -0.583. The summed E-state index contributed by atoms with van der Waals surface area (Å²) in [4.78, 5) is 9.08. The Kier molecular flexibility index (Phi) is 7.10. The molecule has 0 aliphatic carbocycles. The molecule has 9 heteroatoms. The molecule has 1 N–H and O–H groups in total. The third-order valence-corrected chi connectivity index (χ3v) is 7.24. The summed E-state index contributed by atoms with van der Waals surface area (Å²) in [7, 11) is 0. The van der Waals surface area contributed by atoms with Gasteiger partial charge < -0.3 is 14.4 Å². The molecule has 184 valence electrons. The predicted molar refractivity (Wildman–Crippen MR) is 134 cm³/mol. The number of thiazole rings is 1. The van der Waals surface area contributed by atoms with Crippen LogP contribution >= 0.6 is 11.3 Å². The van der Waals surface area contributed by atoms with E-state index in [1.807, 2.05) is 31.2 Å². The first kappa shape index (κ1) is 23.9. The van der Waals surface area contributed by atoms with Gasteiger partial charge in [0, 0.05) is 50.9 Å². The van der Waals surface area contributed by atoms with E-state index in [0.717, 1.165) is 46.3 Å². The minimum Gasteiger partial charge on any atom is -0.491 e. The van der Waals surface area contributed by atoms with Crippen molar-refractivity contribution < 1.29 is 18.8 Å². The number of ether oxygens (including phenoxy) is 1. The molecule has 35 heavy (non-hydrogen) atoms. The van der Waals surface area contributed by atoms with Gasteiger partial charge in [-0.05, 0) is 38.1 Å². The van der Waals surface area contributed by atoms with Crippen LogP contribution in [0.15, 0.2) is 53.1 Å². The molecule has 0 amide bonds. The van der Waals surface area contributed by atoms with Crippen molar-refractivity contribution in [2.75, 3.05) is 32.8 Å². The number of nitrogens with zero attached hydrogens (tertiary/aromatic N) is 4. The molecule has 0 saturated carbocycles. The molecule has 2 aromatic carbocycles. The van der Waals surface area contributed by atoms with Gasteiger partial charge in [0.15, 0.2) is 5.76 Å². The van der Waals surface area contributed by atoms with Gasteiger partial charge in [-0.2, -0.15) is 0 Å². The zero-order valence-electron chi connectivity index (χ0n) is 19.9. The number of hydrogen-bond donors (Lipinski definition) is 1. The van der Waals surface area contributed by atoms with E-state index in [1.54, 1.807) is 29.5 Å². The summed E-state index contributed by atoms with van der Waals surface area (Å²) >= 11 is 1.66. The average molecular weight is 497 g/mol. The van der Waals surface area contributed by atoms with Crippen LogP contribution in [0.25, 0.3) is 21.5 Å². The van der Waals surface area contributed by atoms with Gasteiger partial charge in [-0.1, -0.05) is 17.3 Å². The van der Waals surface area contributed by atoms with E-state index in [0.29, 0.717) is 24.4 Å². The highest BCUT2D eigenvalue weighted by atomic mass is 32.1. The Morgan fingerprint density at radius 3 is 2.91 bits per heavy atom. The lowest BCUT2D eigenvalue weighted by Crippen LogP contribution is -2.53. The van der Waals surface area contributed by atoms with Gasteiger partial charge >= 0.3 is 0 Å². The molecule has 3 heterocycles.